The fraction of sp³-hybridized carbons (Fsp3) is 0.583. The van der Waals surface area contributed by atoms with Crippen LogP contribution >= 0.6 is 0 Å². The van der Waals surface area contributed by atoms with Gasteiger partial charge in [0.1, 0.15) is 0 Å². The second kappa shape index (κ2) is 5.34. The lowest BCUT2D eigenvalue weighted by atomic mass is 10.3. The molecule has 0 saturated heterocycles. The molecule has 5 nitrogen and oxygen atoms in total. The average Bonchev–Trinajstić information content (AvgIpc) is 2.91. The molecule has 1 fully saturated rings. The summed E-state index contributed by atoms with van der Waals surface area (Å²) in [6, 6.07) is 3.13. The lowest BCUT2D eigenvalue weighted by Gasteiger charge is -2.23. The van der Waals surface area contributed by atoms with Gasteiger partial charge in [-0.1, -0.05) is 18.9 Å². The van der Waals surface area contributed by atoms with E-state index in [2.05, 4.69) is 4.98 Å². The maximum atomic E-state index is 12.3. The van der Waals surface area contributed by atoms with E-state index in [-0.39, 0.29) is 17.7 Å². The van der Waals surface area contributed by atoms with E-state index in [1.165, 1.54) is 16.6 Å². The molecule has 0 spiro atoms. The Hall–Kier alpha value is -0.980. The van der Waals surface area contributed by atoms with Gasteiger partial charge in [-0.3, -0.25) is 0 Å². The molecule has 100 valence electrons. The Labute approximate surface area is 108 Å². The molecule has 0 amide bonds. The maximum absolute atomic E-state index is 12.3. The van der Waals surface area contributed by atoms with Crippen LogP contribution in [0.5, 0.6) is 0 Å². The van der Waals surface area contributed by atoms with Gasteiger partial charge < -0.3 is 5.11 Å². The zero-order valence-electron chi connectivity index (χ0n) is 10.4. The zero-order chi connectivity index (χ0) is 13.2. The van der Waals surface area contributed by atoms with Gasteiger partial charge in [0.05, 0.1) is 6.61 Å². The third kappa shape index (κ3) is 2.55. The highest BCUT2D eigenvalue weighted by Crippen LogP contribution is 2.26. The Kier molecular flexibility index (Phi) is 3.99. The van der Waals surface area contributed by atoms with Gasteiger partial charge in [0.25, 0.3) is 10.0 Å². The molecule has 0 aromatic carbocycles. The summed E-state index contributed by atoms with van der Waals surface area (Å²) in [5.41, 5.74) is 0.609. The normalized spacial score (nSPS) is 17.5. The van der Waals surface area contributed by atoms with Crippen molar-refractivity contribution < 1.29 is 13.5 Å². The summed E-state index contributed by atoms with van der Waals surface area (Å²) in [5.74, 6) is 0. The standard InChI is InChI=1S/C12H18N2O3S/c1-14(11-4-2-3-5-11)18(16,17)12-7-6-10(9-15)8-13-12/h6-8,11,15H,2-5,9H2,1H3. The van der Waals surface area contributed by atoms with Crippen molar-refractivity contribution in [3.05, 3.63) is 23.9 Å². The van der Waals surface area contributed by atoms with Crippen molar-refractivity contribution >= 4 is 10.0 Å². The molecule has 0 bridgehead atoms. The molecule has 1 heterocycles. The molecule has 1 aromatic rings. The number of aromatic nitrogens is 1. The van der Waals surface area contributed by atoms with E-state index in [4.69, 9.17) is 5.11 Å². The van der Waals surface area contributed by atoms with Crippen LogP contribution in [0, 0.1) is 0 Å². The SMILES string of the molecule is CN(C1CCCC1)S(=O)(=O)c1ccc(CO)cn1. The number of rotatable bonds is 4. The molecule has 1 aromatic heterocycles. The van der Waals surface area contributed by atoms with E-state index in [9.17, 15) is 8.42 Å². The topological polar surface area (TPSA) is 70.5 Å². The van der Waals surface area contributed by atoms with Gasteiger partial charge in [-0.2, -0.15) is 4.31 Å². The van der Waals surface area contributed by atoms with E-state index in [0.717, 1.165) is 25.7 Å². The molecule has 18 heavy (non-hydrogen) atoms. The monoisotopic (exact) mass is 270 g/mol. The van der Waals surface area contributed by atoms with Crippen LogP contribution in [0.2, 0.25) is 0 Å². The van der Waals surface area contributed by atoms with Crippen LogP contribution in [0.3, 0.4) is 0 Å². The lowest BCUT2D eigenvalue weighted by Crippen LogP contribution is -2.35. The Morgan fingerprint density at radius 3 is 2.56 bits per heavy atom. The lowest BCUT2D eigenvalue weighted by molar-refractivity contribution is 0.281. The van der Waals surface area contributed by atoms with E-state index < -0.39 is 10.0 Å². The van der Waals surface area contributed by atoms with Crippen LogP contribution in [0.4, 0.5) is 0 Å². The number of pyridine rings is 1. The minimum absolute atomic E-state index is 0.0501. The van der Waals surface area contributed by atoms with Crippen molar-refractivity contribution in [2.75, 3.05) is 7.05 Å². The zero-order valence-corrected chi connectivity index (χ0v) is 11.2. The quantitative estimate of drug-likeness (QED) is 0.890. The van der Waals surface area contributed by atoms with Crippen molar-refractivity contribution in [3.63, 3.8) is 0 Å². The molecule has 0 atom stereocenters. The summed E-state index contributed by atoms with van der Waals surface area (Å²) in [6.07, 6.45) is 5.41. The average molecular weight is 270 g/mol. The third-order valence-electron chi connectivity index (χ3n) is 3.46. The van der Waals surface area contributed by atoms with E-state index >= 15 is 0 Å². The van der Waals surface area contributed by atoms with E-state index in [0.29, 0.717) is 5.56 Å². The first-order chi connectivity index (χ1) is 8.55. The molecule has 1 N–H and O–H groups in total. The number of hydrogen-bond acceptors (Lipinski definition) is 4. The van der Waals surface area contributed by atoms with Gasteiger partial charge in [0.2, 0.25) is 0 Å². The van der Waals surface area contributed by atoms with Crippen molar-refractivity contribution in [2.24, 2.45) is 0 Å². The smallest absolute Gasteiger partial charge is 0.260 e. The first-order valence-electron chi connectivity index (χ1n) is 6.09. The highest BCUT2D eigenvalue weighted by molar-refractivity contribution is 7.89. The predicted molar refractivity (Wildman–Crippen MR) is 67.4 cm³/mol. The van der Waals surface area contributed by atoms with Gasteiger partial charge in [0.15, 0.2) is 5.03 Å². The Morgan fingerprint density at radius 2 is 2.06 bits per heavy atom. The largest absolute Gasteiger partial charge is 0.392 e. The molecule has 1 aliphatic carbocycles. The molecule has 2 rings (SSSR count). The number of nitrogens with zero attached hydrogens (tertiary/aromatic N) is 2. The number of hydrogen-bond donors (Lipinski definition) is 1. The summed E-state index contributed by atoms with van der Waals surface area (Å²) in [4.78, 5) is 3.92. The summed E-state index contributed by atoms with van der Waals surface area (Å²) < 4.78 is 26.1. The van der Waals surface area contributed by atoms with Gasteiger partial charge in [-0.05, 0) is 24.5 Å². The van der Waals surface area contributed by atoms with Crippen LogP contribution in [-0.4, -0.2) is 35.9 Å². The first kappa shape index (κ1) is 13.5. The Bertz CT molecular complexity index is 493. The molecular weight excluding hydrogens is 252 g/mol. The second-order valence-corrected chi connectivity index (χ2v) is 6.57. The number of sulfonamides is 1. The predicted octanol–water partition coefficient (Wildman–Crippen LogP) is 1.14. The van der Waals surface area contributed by atoms with Crippen LogP contribution in [0.15, 0.2) is 23.4 Å². The van der Waals surface area contributed by atoms with Crippen LogP contribution in [-0.2, 0) is 16.6 Å². The Balaban J connectivity index is 2.23. The van der Waals surface area contributed by atoms with Gasteiger partial charge >= 0.3 is 0 Å². The fourth-order valence-corrected chi connectivity index (χ4v) is 3.59. The van der Waals surface area contributed by atoms with Crippen molar-refractivity contribution in [3.8, 4) is 0 Å². The summed E-state index contributed by atoms with van der Waals surface area (Å²) in [5, 5.41) is 8.96. The molecule has 0 unspecified atom stereocenters. The van der Waals surface area contributed by atoms with Crippen molar-refractivity contribution in [1.29, 1.82) is 0 Å². The fourth-order valence-electron chi connectivity index (χ4n) is 2.27. The third-order valence-corrected chi connectivity index (χ3v) is 5.29. The number of aliphatic hydroxyl groups excluding tert-OH is 1. The molecular formula is C12H18N2O3S. The van der Waals surface area contributed by atoms with Gasteiger partial charge in [-0.15, -0.1) is 0 Å². The summed E-state index contributed by atoms with van der Waals surface area (Å²) in [6.45, 7) is -0.133. The van der Waals surface area contributed by atoms with Crippen molar-refractivity contribution in [1.82, 2.24) is 9.29 Å². The maximum Gasteiger partial charge on any atom is 0.260 e. The summed E-state index contributed by atoms with van der Waals surface area (Å²) in [7, 11) is -1.89. The molecule has 1 saturated carbocycles. The van der Waals surface area contributed by atoms with Crippen LogP contribution in [0.1, 0.15) is 31.2 Å². The first-order valence-corrected chi connectivity index (χ1v) is 7.53. The Morgan fingerprint density at radius 1 is 1.39 bits per heavy atom. The molecule has 0 radical (unpaired) electrons. The second-order valence-electron chi connectivity index (χ2n) is 4.62. The van der Waals surface area contributed by atoms with Gasteiger partial charge in [-0.25, -0.2) is 13.4 Å². The van der Waals surface area contributed by atoms with E-state index in [1.54, 1.807) is 13.1 Å². The van der Waals surface area contributed by atoms with Gasteiger partial charge in [0, 0.05) is 19.3 Å². The highest BCUT2D eigenvalue weighted by Gasteiger charge is 2.30. The molecule has 1 aliphatic rings. The van der Waals surface area contributed by atoms with Crippen molar-refractivity contribution in [2.45, 2.75) is 43.4 Å². The molecule has 6 heteroatoms. The van der Waals surface area contributed by atoms with Crippen LogP contribution < -0.4 is 0 Å². The van der Waals surface area contributed by atoms with E-state index in [1.807, 2.05) is 0 Å². The highest BCUT2D eigenvalue weighted by atomic mass is 32.2. The minimum atomic E-state index is -3.51. The number of aliphatic hydroxyl groups is 1. The summed E-state index contributed by atoms with van der Waals surface area (Å²) >= 11 is 0. The molecule has 0 aliphatic heterocycles. The minimum Gasteiger partial charge on any atom is -0.392 e. The van der Waals surface area contributed by atoms with Crippen LogP contribution in [0.25, 0.3) is 0 Å².